The molecule has 0 spiro atoms. The summed E-state index contributed by atoms with van der Waals surface area (Å²) in [6.45, 7) is 0. The van der Waals surface area contributed by atoms with E-state index < -0.39 is 6.10 Å². The van der Waals surface area contributed by atoms with Crippen LogP contribution in [0.2, 0.25) is 0 Å². The first-order valence-corrected chi connectivity index (χ1v) is 8.28. The smallest absolute Gasteiger partial charge is 0.123 e. The normalized spacial score (nSPS) is 24.3. The van der Waals surface area contributed by atoms with Crippen LogP contribution < -0.4 is 5.73 Å². The molecule has 2 aromatic heterocycles. The highest BCUT2D eigenvalue weighted by atomic mass is 16.3. The second-order valence-electron chi connectivity index (χ2n) is 6.64. The lowest BCUT2D eigenvalue weighted by molar-refractivity contribution is 0.0711. The third kappa shape index (κ3) is 1.79. The number of fused-ring (bicyclic) bond motifs is 4. The highest BCUT2D eigenvalue weighted by Crippen LogP contribution is 2.49. The number of benzene rings is 1. The predicted molar refractivity (Wildman–Crippen MR) is 91.2 cm³/mol. The van der Waals surface area contributed by atoms with Gasteiger partial charge in [0.05, 0.1) is 30.4 Å². The van der Waals surface area contributed by atoms with Crippen molar-refractivity contribution in [2.45, 2.75) is 25.0 Å². The Labute approximate surface area is 139 Å². The number of anilines is 1. The lowest BCUT2D eigenvalue weighted by Crippen LogP contribution is -2.29. The minimum atomic E-state index is -0.548. The maximum atomic E-state index is 11.0. The van der Waals surface area contributed by atoms with Gasteiger partial charge in [0, 0.05) is 22.7 Å². The predicted octanol–water partition coefficient (Wildman–Crippen LogP) is 2.73. The summed E-state index contributed by atoms with van der Waals surface area (Å²) in [5, 5.41) is 11.0. The quantitative estimate of drug-likeness (QED) is 0.723. The Morgan fingerprint density at radius 1 is 1.12 bits per heavy atom. The van der Waals surface area contributed by atoms with E-state index in [-0.39, 0.29) is 12.0 Å². The van der Waals surface area contributed by atoms with Gasteiger partial charge in [-0.3, -0.25) is 0 Å². The number of nitrogens with two attached hydrogens (primary N) is 1. The lowest BCUT2D eigenvalue weighted by atomic mass is 9.77. The van der Waals surface area contributed by atoms with Crippen LogP contribution >= 0.6 is 0 Å². The van der Waals surface area contributed by atoms with E-state index in [2.05, 4.69) is 38.8 Å². The number of pyridine rings is 1. The first-order chi connectivity index (χ1) is 11.7. The third-order valence-corrected chi connectivity index (χ3v) is 5.40. The Morgan fingerprint density at radius 3 is 2.92 bits per heavy atom. The Kier molecular flexibility index (Phi) is 2.82. The summed E-state index contributed by atoms with van der Waals surface area (Å²) in [5.41, 5.74) is 11.2. The van der Waals surface area contributed by atoms with Gasteiger partial charge < -0.3 is 15.4 Å². The van der Waals surface area contributed by atoms with Crippen molar-refractivity contribution in [2.75, 3.05) is 5.73 Å². The zero-order valence-corrected chi connectivity index (χ0v) is 13.1. The summed E-state index contributed by atoms with van der Waals surface area (Å²) in [6, 6.07) is 12.2. The van der Waals surface area contributed by atoms with Crippen LogP contribution in [0.4, 0.5) is 5.82 Å². The number of rotatable bonds is 1. The van der Waals surface area contributed by atoms with Crippen molar-refractivity contribution in [1.29, 1.82) is 0 Å². The largest absolute Gasteiger partial charge is 0.388 e. The highest BCUT2D eigenvalue weighted by Gasteiger charge is 2.40. The van der Waals surface area contributed by atoms with Gasteiger partial charge in [0.1, 0.15) is 5.82 Å². The summed E-state index contributed by atoms with van der Waals surface area (Å²) in [6.07, 6.45) is 4.95. The van der Waals surface area contributed by atoms with E-state index in [9.17, 15) is 5.11 Å². The molecule has 0 saturated heterocycles. The molecule has 3 N–H and O–H groups in total. The van der Waals surface area contributed by atoms with E-state index in [0.29, 0.717) is 5.82 Å². The van der Waals surface area contributed by atoms with Crippen molar-refractivity contribution in [3.8, 4) is 11.3 Å². The van der Waals surface area contributed by atoms with E-state index in [1.807, 2.05) is 18.6 Å². The Hall–Kier alpha value is -2.66. The van der Waals surface area contributed by atoms with Crippen LogP contribution in [-0.4, -0.2) is 19.6 Å². The van der Waals surface area contributed by atoms with Crippen LogP contribution in [0.5, 0.6) is 0 Å². The standard InChI is InChI=1S/C19H18N4O/c20-17-8-6-13-15(22-17)7-5-14(19(13)24)18-12-4-2-1-3-11(12)16-9-21-10-23(16)18/h1-4,6,8-10,14,18-19,24H,5,7H2,(H2,20,22)/t14-,18+,19+/m1/s1. The minimum Gasteiger partial charge on any atom is -0.388 e. The molecular formula is C19H18N4O. The molecule has 5 rings (SSSR count). The van der Waals surface area contributed by atoms with Gasteiger partial charge in [0.2, 0.25) is 0 Å². The maximum absolute atomic E-state index is 11.0. The van der Waals surface area contributed by atoms with Gasteiger partial charge in [-0.1, -0.05) is 30.3 Å². The van der Waals surface area contributed by atoms with Gasteiger partial charge in [-0.05, 0) is 24.5 Å². The summed E-state index contributed by atoms with van der Waals surface area (Å²) in [5.74, 6) is 0.613. The molecule has 5 heteroatoms. The van der Waals surface area contributed by atoms with Gasteiger partial charge in [0.25, 0.3) is 0 Å². The Morgan fingerprint density at radius 2 is 2.00 bits per heavy atom. The zero-order chi connectivity index (χ0) is 16.3. The van der Waals surface area contributed by atoms with Crippen LogP contribution in [0.1, 0.15) is 35.4 Å². The van der Waals surface area contributed by atoms with Gasteiger partial charge in [-0.15, -0.1) is 0 Å². The minimum absolute atomic E-state index is 0.0968. The van der Waals surface area contributed by atoms with E-state index >= 15 is 0 Å². The monoisotopic (exact) mass is 318 g/mol. The van der Waals surface area contributed by atoms with Gasteiger partial charge in [-0.2, -0.15) is 0 Å². The number of nitrogens with zero attached hydrogens (tertiary/aromatic N) is 3. The summed E-state index contributed by atoms with van der Waals surface area (Å²) < 4.78 is 2.20. The average Bonchev–Trinajstić information content (AvgIpc) is 3.16. The average molecular weight is 318 g/mol. The topological polar surface area (TPSA) is 77.0 Å². The molecule has 0 radical (unpaired) electrons. The number of aromatic nitrogens is 3. The lowest BCUT2D eigenvalue weighted by Gasteiger charge is -2.34. The van der Waals surface area contributed by atoms with Crippen LogP contribution in [0, 0.1) is 5.92 Å². The van der Waals surface area contributed by atoms with Crippen LogP contribution in [0.25, 0.3) is 11.3 Å². The molecule has 3 atom stereocenters. The van der Waals surface area contributed by atoms with Crippen molar-refractivity contribution in [3.05, 3.63) is 65.7 Å². The highest BCUT2D eigenvalue weighted by molar-refractivity contribution is 5.69. The number of aliphatic hydroxyl groups excluding tert-OH is 1. The molecule has 120 valence electrons. The summed E-state index contributed by atoms with van der Waals surface area (Å²) in [4.78, 5) is 8.72. The van der Waals surface area contributed by atoms with Gasteiger partial charge in [0.15, 0.2) is 0 Å². The number of hydrogen-bond acceptors (Lipinski definition) is 4. The molecule has 3 heterocycles. The molecule has 0 amide bonds. The molecule has 2 aliphatic rings. The number of hydrogen-bond donors (Lipinski definition) is 2. The second kappa shape index (κ2) is 4.92. The molecule has 5 nitrogen and oxygen atoms in total. The van der Waals surface area contributed by atoms with Crippen molar-refractivity contribution < 1.29 is 5.11 Å². The molecule has 1 aliphatic carbocycles. The number of aliphatic hydroxyl groups is 1. The van der Waals surface area contributed by atoms with Crippen molar-refractivity contribution in [1.82, 2.24) is 14.5 Å². The number of nitrogen functional groups attached to an aromatic ring is 1. The summed E-state index contributed by atoms with van der Waals surface area (Å²) in [7, 11) is 0. The van der Waals surface area contributed by atoms with Crippen LogP contribution in [0.15, 0.2) is 48.9 Å². The van der Waals surface area contributed by atoms with Crippen molar-refractivity contribution >= 4 is 5.82 Å². The van der Waals surface area contributed by atoms with Crippen molar-refractivity contribution in [2.24, 2.45) is 5.92 Å². The maximum Gasteiger partial charge on any atom is 0.123 e. The molecular weight excluding hydrogens is 300 g/mol. The second-order valence-corrected chi connectivity index (χ2v) is 6.64. The first kappa shape index (κ1) is 13.7. The van der Waals surface area contributed by atoms with E-state index in [1.165, 1.54) is 11.1 Å². The fourth-order valence-corrected chi connectivity index (χ4v) is 4.33. The molecule has 0 saturated carbocycles. The van der Waals surface area contributed by atoms with E-state index in [0.717, 1.165) is 29.8 Å². The summed E-state index contributed by atoms with van der Waals surface area (Å²) >= 11 is 0. The van der Waals surface area contributed by atoms with Gasteiger partial charge >= 0.3 is 0 Å². The molecule has 1 aliphatic heterocycles. The van der Waals surface area contributed by atoms with E-state index in [4.69, 9.17) is 5.73 Å². The SMILES string of the molecule is Nc1ccc2c(n1)CC[C@H]([C@@H]1c3ccccc3-c3cncn31)[C@H]2O. The number of aryl methyl sites for hydroxylation is 1. The van der Waals surface area contributed by atoms with E-state index in [1.54, 1.807) is 6.07 Å². The number of imidazole rings is 1. The van der Waals surface area contributed by atoms with Crippen molar-refractivity contribution in [3.63, 3.8) is 0 Å². The molecule has 3 aromatic rings. The zero-order valence-electron chi connectivity index (χ0n) is 13.1. The fraction of sp³-hybridized carbons (Fsp3) is 0.263. The molecule has 0 unspecified atom stereocenters. The Balaban J connectivity index is 1.62. The molecule has 1 aromatic carbocycles. The van der Waals surface area contributed by atoms with Gasteiger partial charge in [-0.25, -0.2) is 9.97 Å². The van der Waals surface area contributed by atoms with Crippen LogP contribution in [0.3, 0.4) is 0 Å². The molecule has 24 heavy (non-hydrogen) atoms. The Bertz CT molecular complexity index is 933. The van der Waals surface area contributed by atoms with Crippen LogP contribution in [-0.2, 0) is 6.42 Å². The first-order valence-electron chi connectivity index (χ1n) is 8.28. The fourth-order valence-electron chi connectivity index (χ4n) is 4.33. The third-order valence-electron chi connectivity index (χ3n) is 5.40. The molecule has 0 fully saturated rings. The molecule has 0 bridgehead atoms.